The second-order valence-corrected chi connectivity index (χ2v) is 1.97. The predicted octanol–water partition coefficient (Wildman–Crippen LogP) is 1.55. The van der Waals surface area contributed by atoms with Crippen LogP contribution in [0.4, 0.5) is 13.2 Å². The summed E-state index contributed by atoms with van der Waals surface area (Å²) in [5.74, 6) is 5.25. The molecule has 0 aliphatic carbocycles. The SMILES string of the molecule is CC#CCCNCC(F)(F)F. The maximum absolute atomic E-state index is 11.5. The Balaban J connectivity index is 3.19. The molecule has 0 atom stereocenters. The molecule has 0 fully saturated rings. The van der Waals surface area contributed by atoms with Crippen molar-refractivity contribution < 1.29 is 13.2 Å². The Labute approximate surface area is 64.0 Å². The van der Waals surface area contributed by atoms with Gasteiger partial charge in [0.15, 0.2) is 0 Å². The van der Waals surface area contributed by atoms with Crippen molar-refractivity contribution in [2.24, 2.45) is 0 Å². The fourth-order valence-corrected chi connectivity index (χ4v) is 0.506. The van der Waals surface area contributed by atoms with Gasteiger partial charge in [0.05, 0.1) is 6.54 Å². The fourth-order valence-electron chi connectivity index (χ4n) is 0.506. The van der Waals surface area contributed by atoms with Gasteiger partial charge in [0.1, 0.15) is 0 Å². The molecule has 0 rings (SSSR count). The van der Waals surface area contributed by atoms with Crippen molar-refractivity contribution in [1.82, 2.24) is 5.32 Å². The van der Waals surface area contributed by atoms with Crippen molar-refractivity contribution in [3.05, 3.63) is 0 Å². The Morgan fingerprint density at radius 3 is 2.45 bits per heavy atom. The van der Waals surface area contributed by atoms with E-state index < -0.39 is 12.7 Å². The highest BCUT2D eigenvalue weighted by molar-refractivity contribution is 4.95. The van der Waals surface area contributed by atoms with E-state index in [0.717, 1.165) is 0 Å². The van der Waals surface area contributed by atoms with Crippen molar-refractivity contribution in [2.45, 2.75) is 19.5 Å². The van der Waals surface area contributed by atoms with E-state index >= 15 is 0 Å². The van der Waals surface area contributed by atoms with Crippen LogP contribution in [0.15, 0.2) is 0 Å². The number of hydrogen-bond acceptors (Lipinski definition) is 1. The van der Waals surface area contributed by atoms with Crippen LogP contribution in [0.5, 0.6) is 0 Å². The summed E-state index contributed by atoms with van der Waals surface area (Å²) in [6.45, 7) is 1.02. The minimum absolute atomic E-state index is 0.292. The molecule has 11 heavy (non-hydrogen) atoms. The third kappa shape index (κ3) is 9.31. The van der Waals surface area contributed by atoms with Crippen LogP contribution in [-0.4, -0.2) is 19.3 Å². The number of nitrogens with one attached hydrogen (secondary N) is 1. The Bertz CT molecular complexity index is 151. The molecule has 0 spiro atoms. The topological polar surface area (TPSA) is 12.0 Å². The predicted molar refractivity (Wildman–Crippen MR) is 37.0 cm³/mol. The van der Waals surface area contributed by atoms with Crippen LogP contribution in [-0.2, 0) is 0 Å². The molecule has 4 heteroatoms. The third-order valence-corrected chi connectivity index (χ3v) is 0.929. The molecule has 0 unspecified atom stereocenters. The molecule has 0 heterocycles. The standard InChI is InChI=1S/C7H10F3N/c1-2-3-4-5-11-6-7(8,9)10/h11H,4-6H2,1H3. The number of halogens is 3. The molecule has 0 bridgehead atoms. The van der Waals surface area contributed by atoms with E-state index in [1.807, 2.05) is 0 Å². The molecule has 0 saturated heterocycles. The third-order valence-electron chi connectivity index (χ3n) is 0.929. The summed E-state index contributed by atoms with van der Waals surface area (Å²) in [4.78, 5) is 0. The van der Waals surface area contributed by atoms with Crippen LogP contribution < -0.4 is 5.32 Å². The zero-order valence-electron chi connectivity index (χ0n) is 6.26. The minimum atomic E-state index is -4.11. The second kappa shape index (κ2) is 5.03. The lowest BCUT2D eigenvalue weighted by Gasteiger charge is -2.05. The van der Waals surface area contributed by atoms with Crippen molar-refractivity contribution in [3.63, 3.8) is 0 Å². The lowest BCUT2D eigenvalue weighted by Crippen LogP contribution is -2.29. The van der Waals surface area contributed by atoms with Gasteiger partial charge >= 0.3 is 6.18 Å². The molecule has 0 amide bonds. The van der Waals surface area contributed by atoms with E-state index in [1.165, 1.54) is 0 Å². The highest BCUT2D eigenvalue weighted by Crippen LogP contribution is 2.11. The average Bonchev–Trinajstić information content (AvgIpc) is 1.85. The zero-order chi connectivity index (χ0) is 8.74. The maximum Gasteiger partial charge on any atom is 0.401 e. The van der Waals surface area contributed by atoms with E-state index in [0.29, 0.717) is 13.0 Å². The van der Waals surface area contributed by atoms with Crippen LogP contribution >= 0.6 is 0 Å². The van der Waals surface area contributed by atoms with Crippen LogP contribution in [0, 0.1) is 11.8 Å². The van der Waals surface area contributed by atoms with Gasteiger partial charge in [-0.2, -0.15) is 13.2 Å². The molecule has 0 aliphatic heterocycles. The molecule has 1 N–H and O–H groups in total. The van der Waals surface area contributed by atoms with Crippen molar-refractivity contribution >= 4 is 0 Å². The summed E-state index contributed by atoms with van der Waals surface area (Å²) in [5.41, 5.74) is 0. The smallest absolute Gasteiger partial charge is 0.308 e. The van der Waals surface area contributed by atoms with E-state index in [1.54, 1.807) is 6.92 Å². The van der Waals surface area contributed by atoms with Gasteiger partial charge in [-0.1, -0.05) is 0 Å². The van der Waals surface area contributed by atoms with Crippen LogP contribution in [0.3, 0.4) is 0 Å². The van der Waals surface area contributed by atoms with Crippen LogP contribution in [0.25, 0.3) is 0 Å². The number of alkyl halides is 3. The lowest BCUT2D eigenvalue weighted by molar-refractivity contribution is -0.124. The Kier molecular flexibility index (Phi) is 4.71. The van der Waals surface area contributed by atoms with Crippen LogP contribution in [0.1, 0.15) is 13.3 Å². The summed E-state index contributed by atoms with van der Waals surface area (Å²) in [7, 11) is 0. The van der Waals surface area contributed by atoms with E-state index in [9.17, 15) is 13.2 Å². The van der Waals surface area contributed by atoms with Gasteiger partial charge in [0.2, 0.25) is 0 Å². The first-order chi connectivity index (χ1) is 5.06. The van der Waals surface area contributed by atoms with Gasteiger partial charge in [-0.25, -0.2) is 0 Å². The number of hydrogen-bond donors (Lipinski definition) is 1. The summed E-state index contributed by atoms with van der Waals surface area (Å²) in [6.07, 6.45) is -3.65. The lowest BCUT2D eigenvalue weighted by atomic mass is 10.4. The number of rotatable bonds is 3. The first-order valence-corrected chi connectivity index (χ1v) is 3.23. The molecule has 64 valence electrons. The van der Waals surface area contributed by atoms with Crippen molar-refractivity contribution in [3.8, 4) is 11.8 Å². The van der Waals surface area contributed by atoms with Gasteiger partial charge < -0.3 is 5.32 Å². The van der Waals surface area contributed by atoms with Crippen LogP contribution in [0.2, 0.25) is 0 Å². The van der Waals surface area contributed by atoms with E-state index in [2.05, 4.69) is 17.2 Å². The molecule has 0 aromatic carbocycles. The first-order valence-electron chi connectivity index (χ1n) is 3.23. The fraction of sp³-hybridized carbons (Fsp3) is 0.714. The summed E-state index contributed by atoms with van der Waals surface area (Å²) < 4.78 is 34.4. The molecule has 0 aromatic rings. The van der Waals surface area contributed by atoms with Crippen molar-refractivity contribution in [2.75, 3.05) is 13.1 Å². The zero-order valence-corrected chi connectivity index (χ0v) is 6.26. The highest BCUT2D eigenvalue weighted by atomic mass is 19.4. The summed E-state index contributed by atoms with van der Waals surface area (Å²) in [6, 6.07) is 0. The van der Waals surface area contributed by atoms with Crippen molar-refractivity contribution in [1.29, 1.82) is 0 Å². The highest BCUT2D eigenvalue weighted by Gasteiger charge is 2.25. The first kappa shape index (κ1) is 10.3. The summed E-state index contributed by atoms with van der Waals surface area (Å²) >= 11 is 0. The van der Waals surface area contributed by atoms with Gasteiger partial charge in [0.25, 0.3) is 0 Å². The monoisotopic (exact) mass is 165 g/mol. The molecular weight excluding hydrogens is 155 g/mol. The maximum atomic E-state index is 11.5. The van der Waals surface area contributed by atoms with Gasteiger partial charge in [-0.05, 0) is 6.92 Å². The Hall–Kier alpha value is -0.690. The van der Waals surface area contributed by atoms with E-state index in [4.69, 9.17) is 0 Å². The Morgan fingerprint density at radius 1 is 1.36 bits per heavy atom. The molecule has 0 aliphatic rings. The Morgan fingerprint density at radius 2 is 2.00 bits per heavy atom. The molecule has 1 nitrogen and oxygen atoms in total. The summed E-state index contributed by atoms with van der Waals surface area (Å²) in [5, 5.41) is 2.23. The molecule has 0 aromatic heterocycles. The molecule has 0 radical (unpaired) electrons. The second-order valence-electron chi connectivity index (χ2n) is 1.97. The van der Waals surface area contributed by atoms with Gasteiger partial charge in [0, 0.05) is 13.0 Å². The molecular formula is C7H10F3N. The average molecular weight is 165 g/mol. The normalized spacial score (nSPS) is 10.5. The molecule has 0 saturated carbocycles. The largest absolute Gasteiger partial charge is 0.401 e. The van der Waals surface area contributed by atoms with E-state index in [-0.39, 0.29) is 0 Å². The minimum Gasteiger partial charge on any atom is -0.308 e. The van der Waals surface area contributed by atoms with Gasteiger partial charge in [-0.15, -0.1) is 11.8 Å². The van der Waals surface area contributed by atoms with Gasteiger partial charge in [-0.3, -0.25) is 0 Å². The quantitative estimate of drug-likeness (QED) is 0.494.